The van der Waals surface area contributed by atoms with E-state index in [9.17, 15) is 8.42 Å². The van der Waals surface area contributed by atoms with E-state index in [4.69, 9.17) is 23.2 Å². The van der Waals surface area contributed by atoms with Gasteiger partial charge in [-0.3, -0.25) is 4.72 Å². The van der Waals surface area contributed by atoms with Crippen LogP contribution < -0.4 is 14.9 Å². The predicted molar refractivity (Wildman–Crippen MR) is 130 cm³/mol. The molecule has 0 radical (unpaired) electrons. The number of anilines is 4. The Kier molecular flexibility index (Phi) is 6.74. The fourth-order valence-electron chi connectivity index (χ4n) is 3.51. The van der Waals surface area contributed by atoms with Crippen molar-refractivity contribution in [3.63, 3.8) is 0 Å². The third-order valence-corrected chi connectivity index (χ3v) is 7.17. The Hall–Kier alpha value is -2.55. The van der Waals surface area contributed by atoms with Gasteiger partial charge in [-0.05, 0) is 68.7 Å². The largest absolute Gasteiger partial charge is 0.341 e. The quantitative estimate of drug-likeness (QED) is 0.464. The van der Waals surface area contributed by atoms with Gasteiger partial charge >= 0.3 is 0 Å². The van der Waals surface area contributed by atoms with E-state index in [1.165, 1.54) is 24.6 Å². The van der Waals surface area contributed by atoms with Crippen LogP contribution in [0.25, 0.3) is 0 Å². The molecule has 10 heteroatoms. The van der Waals surface area contributed by atoms with Gasteiger partial charge < -0.3 is 10.2 Å². The van der Waals surface area contributed by atoms with Gasteiger partial charge in [0, 0.05) is 41.2 Å². The number of hydrogen-bond donors (Lipinski definition) is 2. The van der Waals surface area contributed by atoms with Gasteiger partial charge in [-0.25, -0.2) is 13.4 Å². The van der Waals surface area contributed by atoms with Gasteiger partial charge in [-0.2, -0.15) is 4.98 Å². The molecule has 32 heavy (non-hydrogen) atoms. The van der Waals surface area contributed by atoms with Crippen molar-refractivity contribution in [2.45, 2.75) is 31.1 Å². The van der Waals surface area contributed by atoms with Crippen LogP contribution in [0, 0.1) is 6.92 Å². The first-order chi connectivity index (χ1) is 15.3. The Morgan fingerprint density at radius 3 is 2.31 bits per heavy atom. The average Bonchev–Trinajstić information content (AvgIpc) is 2.77. The minimum atomic E-state index is -3.87. The summed E-state index contributed by atoms with van der Waals surface area (Å²) in [7, 11) is -3.87. The number of aryl methyl sites for hydroxylation is 1. The summed E-state index contributed by atoms with van der Waals surface area (Å²) in [6, 6.07) is 13.1. The zero-order chi connectivity index (χ0) is 22.7. The molecule has 0 aliphatic carbocycles. The summed E-state index contributed by atoms with van der Waals surface area (Å²) in [4.78, 5) is 11.4. The molecule has 0 unspecified atom stereocenters. The number of nitrogens with one attached hydrogen (secondary N) is 2. The first-order valence-electron chi connectivity index (χ1n) is 10.3. The fraction of sp³-hybridized carbons (Fsp3) is 0.273. The highest BCUT2D eigenvalue weighted by molar-refractivity contribution is 7.92. The third-order valence-electron chi connectivity index (χ3n) is 5.07. The molecule has 2 N–H and O–H groups in total. The van der Waals surface area contributed by atoms with Crippen molar-refractivity contribution in [1.29, 1.82) is 0 Å². The molecule has 0 saturated carbocycles. The summed E-state index contributed by atoms with van der Waals surface area (Å²) < 4.78 is 27.9. The number of sulfonamides is 1. The van der Waals surface area contributed by atoms with E-state index in [-0.39, 0.29) is 9.92 Å². The number of halogens is 2. The van der Waals surface area contributed by atoms with Crippen molar-refractivity contribution in [1.82, 2.24) is 9.97 Å². The molecule has 4 rings (SSSR count). The maximum atomic E-state index is 12.7. The van der Waals surface area contributed by atoms with E-state index in [0.29, 0.717) is 16.5 Å². The number of aromatic nitrogens is 2. The smallest absolute Gasteiger partial charge is 0.263 e. The standard InChI is InChI=1S/C22H23Cl2N5O2S/c1-15-13-21(27-22(25-15)29-11-3-2-4-12-29)26-17-6-8-18(9-7-17)28-32(30,31)20-14-16(23)5-10-19(20)24/h5-10,13-14,28H,2-4,11-12H2,1H3,(H,25,26,27). The van der Waals surface area contributed by atoms with Crippen LogP contribution in [0.4, 0.5) is 23.1 Å². The molecule has 1 saturated heterocycles. The Labute approximate surface area is 197 Å². The number of rotatable bonds is 6. The molecule has 2 heterocycles. The molecule has 0 spiro atoms. The van der Waals surface area contributed by atoms with Gasteiger partial charge in [0.1, 0.15) is 10.7 Å². The Morgan fingerprint density at radius 2 is 1.59 bits per heavy atom. The van der Waals surface area contributed by atoms with Crippen molar-refractivity contribution in [3.05, 3.63) is 64.3 Å². The lowest BCUT2D eigenvalue weighted by molar-refractivity contribution is 0.568. The van der Waals surface area contributed by atoms with Crippen LogP contribution in [0.15, 0.2) is 53.4 Å². The van der Waals surface area contributed by atoms with Gasteiger partial charge in [0.25, 0.3) is 10.0 Å². The monoisotopic (exact) mass is 491 g/mol. The summed E-state index contributed by atoms with van der Waals surface area (Å²) >= 11 is 12.0. The van der Waals surface area contributed by atoms with Crippen LogP contribution >= 0.6 is 23.2 Å². The predicted octanol–water partition coefficient (Wildman–Crippen LogP) is 5.63. The number of benzene rings is 2. The number of nitrogens with zero attached hydrogens (tertiary/aromatic N) is 3. The highest BCUT2D eigenvalue weighted by Gasteiger charge is 2.19. The summed E-state index contributed by atoms with van der Waals surface area (Å²) in [5.41, 5.74) is 2.06. The molecule has 0 atom stereocenters. The topological polar surface area (TPSA) is 87.2 Å². The van der Waals surface area contributed by atoms with E-state index in [1.54, 1.807) is 24.3 Å². The first-order valence-corrected chi connectivity index (χ1v) is 12.5. The van der Waals surface area contributed by atoms with E-state index in [1.807, 2.05) is 13.0 Å². The lowest BCUT2D eigenvalue weighted by atomic mass is 10.1. The van der Waals surface area contributed by atoms with Crippen molar-refractivity contribution in [3.8, 4) is 0 Å². The summed E-state index contributed by atoms with van der Waals surface area (Å²) in [6.07, 6.45) is 3.54. The fourth-order valence-corrected chi connectivity index (χ4v) is 5.34. The van der Waals surface area contributed by atoms with Gasteiger partial charge in [0.05, 0.1) is 5.02 Å². The Balaban J connectivity index is 1.48. The maximum absolute atomic E-state index is 12.7. The van der Waals surface area contributed by atoms with E-state index >= 15 is 0 Å². The van der Waals surface area contributed by atoms with Crippen molar-refractivity contribution < 1.29 is 8.42 Å². The first kappa shape index (κ1) is 22.6. The van der Waals surface area contributed by atoms with E-state index in [2.05, 4.69) is 24.9 Å². The SMILES string of the molecule is Cc1cc(Nc2ccc(NS(=O)(=O)c3cc(Cl)ccc3Cl)cc2)nc(N2CCCCC2)n1. The van der Waals surface area contributed by atoms with Crippen LogP contribution in [0.1, 0.15) is 25.0 Å². The Bertz CT molecular complexity index is 1210. The van der Waals surface area contributed by atoms with Crippen LogP contribution in [0.5, 0.6) is 0 Å². The number of piperidine rings is 1. The summed E-state index contributed by atoms with van der Waals surface area (Å²) in [6.45, 7) is 3.88. The normalized spacial score (nSPS) is 14.3. The Morgan fingerprint density at radius 1 is 0.906 bits per heavy atom. The minimum absolute atomic E-state index is 0.0735. The molecule has 3 aromatic rings. The average molecular weight is 492 g/mol. The molecule has 7 nitrogen and oxygen atoms in total. The highest BCUT2D eigenvalue weighted by atomic mass is 35.5. The highest BCUT2D eigenvalue weighted by Crippen LogP contribution is 2.28. The molecule has 168 valence electrons. The molecule has 1 aromatic heterocycles. The zero-order valence-corrected chi connectivity index (χ0v) is 19.8. The second kappa shape index (κ2) is 9.52. The second-order valence-corrected chi connectivity index (χ2v) is 10.1. The lowest BCUT2D eigenvalue weighted by Crippen LogP contribution is -2.31. The van der Waals surface area contributed by atoms with Crippen LogP contribution in [0.2, 0.25) is 10.0 Å². The van der Waals surface area contributed by atoms with Gasteiger partial charge in [0.2, 0.25) is 5.95 Å². The maximum Gasteiger partial charge on any atom is 0.263 e. The van der Waals surface area contributed by atoms with Crippen LogP contribution in [-0.2, 0) is 10.0 Å². The lowest BCUT2D eigenvalue weighted by Gasteiger charge is -2.27. The van der Waals surface area contributed by atoms with Crippen LogP contribution in [-0.4, -0.2) is 31.5 Å². The zero-order valence-electron chi connectivity index (χ0n) is 17.5. The second-order valence-electron chi connectivity index (χ2n) is 7.62. The van der Waals surface area contributed by atoms with Crippen molar-refractivity contribution in [2.75, 3.05) is 28.0 Å². The summed E-state index contributed by atoms with van der Waals surface area (Å²) in [5, 5.41) is 3.66. The molecule has 0 amide bonds. The van der Waals surface area contributed by atoms with Gasteiger partial charge in [-0.1, -0.05) is 23.2 Å². The van der Waals surface area contributed by atoms with Gasteiger partial charge in [0.15, 0.2) is 0 Å². The minimum Gasteiger partial charge on any atom is -0.341 e. The molecule has 2 aromatic carbocycles. The summed E-state index contributed by atoms with van der Waals surface area (Å²) in [5.74, 6) is 1.42. The molecule has 1 aliphatic rings. The molecule has 1 aliphatic heterocycles. The van der Waals surface area contributed by atoms with Crippen molar-refractivity contribution >= 4 is 56.4 Å². The van der Waals surface area contributed by atoms with Gasteiger partial charge in [-0.15, -0.1) is 0 Å². The number of hydrogen-bond acceptors (Lipinski definition) is 6. The molecule has 1 fully saturated rings. The van der Waals surface area contributed by atoms with Crippen molar-refractivity contribution in [2.24, 2.45) is 0 Å². The van der Waals surface area contributed by atoms with Crippen LogP contribution in [0.3, 0.4) is 0 Å². The third kappa shape index (κ3) is 5.43. The molecule has 0 bridgehead atoms. The van der Waals surface area contributed by atoms with E-state index in [0.717, 1.165) is 43.3 Å². The van der Waals surface area contributed by atoms with E-state index < -0.39 is 10.0 Å². The molecular weight excluding hydrogens is 469 g/mol. The molecular formula is C22H23Cl2N5O2S.